The second kappa shape index (κ2) is 5.85. The summed E-state index contributed by atoms with van der Waals surface area (Å²) in [5.41, 5.74) is 8.74. The molecule has 1 aliphatic heterocycles. The number of rotatable bonds is 3. The Morgan fingerprint density at radius 1 is 1.15 bits per heavy atom. The molecule has 1 aromatic carbocycles. The van der Waals surface area contributed by atoms with Crippen LogP contribution in [-0.4, -0.2) is 23.1 Å². The standard InChI is InChI=1S/C15H18ClN3O/c16-12-6-4-11(5-7-12)14-13(18-20-15(14)17)10-19-8-2-1-3-9-19/h4-7H,1-3,8-10,17H2. The van der Waals surface area contributed by atoms with E-state index in [0.717, 1.165) is 36.5 Å². The quantitative estimate of drug-likeness (QED) is 0.939. The number of nitrogens with zero attached hydrogens (tertiary/aromatic N) is 2. The minimum Gasteiger partial charge on any atom is -0.367 e. The van der Waals surface area contributed by atoms with Crippen molar-refractivity contribution in [1.82, 2.24) is 10.1 Å². The molecule has 1 saturated heterocycles. The van der Waals surface area contributed by atoms with Crippen molar-refractivity contribution in [1.29, 1.82) is 0 Å². The fourth-order valence-corrected chi connectivity index (χ4v) is 2.83. The molecule has 5 heteroatoms. The van der Waals surface area contributed by atoms with Crippen LogP contribution in [0.2, 0.25) is 5.02 Å². The molecule has 4 nitrogen and oxygen atoms in total. The third kappa shape index (κ3) is 2.81. The van der Waals surface area contributed by atoms with E-state index in [0.29, 0.717) is 10.9 Å². The Morgan fingerprint density at radius 2 is 1.85 bits per heavy atom. The first-order chi connectivity index (χ1) is 9.74. The van der Waals surface area contributed by atoms with E-state index in [2.05, 4.69) is 10.1 Å². The number of benzene rings is 1. The number of anilines is 1. The van der Waals surface area contributed by atoms with Gasteiger partial charge in [0.25, 0.3) is 0 Å². The van der Waals surface area contributed by atoms with Gasteiger partial charge >= 0.3 is 0 Å². The van der Waals surface area contributed by atoms with Gasteiger partial charge in [0.2, 0.25) is 5.88 Å². The number of nitrogens with two attached hydrogens (primary N) is 1. The third-order valence-corrected chi connectivity index (χ3v) is 4.00. The van der Waals surface area contributed by atoms with Gasteiger partial charge in [-0.2, -0.15) is 0 Å². The highest BCUT2D eigenvalue weighted by Gasteiger charge is 2.19. The summed E-state index contributed by atoms with van der Waals surface area (Å²) < 4.78 is 5.19. The first-order valence-corrected chi connectivity index (χ1v) is 7.34. The molecule has 2 N–H and O–H groups in total. The number of piperidine rings is 1. The molecular formula is C15H18ClN3O. The molecule has 0 spiro atoms. The van der Waals surface area contributed by atoms with E-state index in [9.17, 15) is 0 Å². The Balaban J connectivity index is 1.86. The summed E-state index contributed by atoms with van der Waals surface area (Å²) in [4.78, 5) is 2.40. The number of aromatic nitrogens is 1. The lowest BCUT2D eigenvalue weighted by molar-refractivity contribution is 0.215. The second-order valence-corrected chi connectivity index (χ2v) is 5.65. The summed E-state index contributed by atoms with van der Waals surface area (Å²) in [7, 11) is 0. The summed E-state index contributed by atoms with van der Waals surface area (Å²) in [6.07, 6.45) is 3.83. The van der Waals surface area contributed by atoms with Gasteiger partial charge in [-0.15, -0.1) is 0 Å². The summed E-state index contributed by atoms with van der Waals surface area (Å²) in [6.45, 7) is 3.03. The van der Waals surface area contributed by atoms with Crippen LogP contribution in [0, 0.1) is 0 Å². The van der Waals surface area contributed by atoms with Crippen molar-refractivity contribution >= 4 is 17.5 Å². The van der Waals surface area contributed by atoms with Crippen molar-refractivity contribution in [3.63, 3.8) is 0 Å². The number of hydrogen-bond donors (Lipinski definition) is 1. The van der Waals surface area contributed by atoms with E-state index in [1.807, 2.05) is 24.3 Å². The molecule has 1 fully saturated rings. The van der Waals surface area contributed by atoms with Gasteiger partial charge in [-0.3, -0.25) is 4.90 Å². The zero-order valence-electron chi connectivity index (χ0n) is 11.3. The Bertz CT molecular complexity index is 573. The van der Waals surface area contributed by atoms with E-state index in [1.165, 1.54) is 19.3 Å². The fourth-order valence-electron chi connectivity index (χ4n) is 2.70. The number of nitrogen functional groups attached to an aromatic ring is 1. The number of likely N-dealkylation sites (tertiary alicyclic amines) is 1. The van der Waals surface area contributed by atoms with Gasteiger partial charge in [-0.1, -0.05) is 35.3 Å². The molecule has 0 atom stereocenters. The Kier molecular flexibility index (Phi) is 3.94. The van der Waals surface area contributed by atoms with Gasteiger partial charge in [0.15, 0.2) is 0 Å². The Morgan fingerprint density at radius 3 is 2.55 bits per heavy atom. The highest BCUT2D eigenvalue weighted by molar-refractivity contribution is 6.30. The molecule has 0 aliphatic carbocycles. The number of hydrogen-bond acceptors (Lipinski definition) is 4. The summed E-state index contributed by atoms with van der Waals surface area (Å²) in [5, 5.41) is 4.84. The average molecular weight is 292 g/mol. The lowest BCUT2D eigenvalue weighted by Gasteiger charge is -2.25. The molecule has 1 aliphatic rings. The van der Waals surface area contributed by atoms with Crippen LogP contribution in [0.4, 0.5) is 5.88 Å². The topological polar surface area (TPSA) is 55.3 Å². The summed E-state index contributed by atoms with van der Waals surface area (Å²) in [5.74, 6) is 0.374. The molecule has 0 bridgehead atoms. The van der Waals surface area contributed by atoms with Crippen LogP contribution >= 0.6 is 11.6 Å². The molecule has 2 heterocycles. The maximum absolute atomic E-state index is 5.94. The van der Waals surface area contributed by atoms with Crippen molar-refractivity contribution < 1.29 is 4.52 Å². The van der Waals surface area contributed by atoms with Gasteiger partial charge in [-0.25, -0.2) is 0 Å². The first-order valence-electron chi connectivity index (χ1n) is 6.96. The van der Waals surface area contributed by atoms with Crippen molar-refractivity contribution in [2.24, 2.45) is 0 Å². The van der Waals surface area contributed by atoms with Crippen molar-refractivity contribution in [2.75, 3.05) is 18.8 Å². The van der Waals surface area contributed by atoms with Gasteiger partial charge in [-0.05, 0) is 43.6 Å². The molecule has 0 saturated carbocycles. The van der Waals surface area contributed by atoms with E-state index >= 15 is 0 Å². The predicted octanol–water partition coefficient (Wildman–Crippen LogP) is 3.56. The molecule has 20 heavy (non-hydrogen) atoms. The van der Waals surface area contributed by atoms with Crippen LogP contribution in [0.3, 0.4) is 0 Å². The first kappa shape index (κ1) is 13.5. The van der Waals surface area contributed by atoms with Crippen LogP contribution < -0.4 is 5.73 Å². The normalized spacial score (nSPS) is 16.4. The van der Waals surface area contributed by atoms with Gasteiger partial charge in [0, 0.05) is 11.6 Å². The molecule has 1 aromatic heterocycles. The SMILES string of the molecule is Nc1onc(CN2CCCCC2)c1-c1ccc(Cl)cc1. The summed E-state index contributed by atoms with van der Waals surface area (Å²) >= 11 is 5.93. The molecule has 0 unspecified atom stereocenters. The predicted molar refractivity (Wildman–Crippen MR) is 80.5 cm³/mol. The molecule has 0 radical (unpaired) electrons. The zero-order chi connectivity index (χ0) is 13.9. The number of halogens is 1. The van der Waals surface area contributed by atoms with Crippen LogP contribution in [0.5, 0.6) is 0 Å². The van der Waals surface area contributed by atoms with Crippen molar-refractivity contribution in [3.05, 3.63) is 35.0 Å². The van der Waals surface area contributed by atoms with E-state index < -0.39 is 0 Å². The van der Waals surface area contributed by atoms with Gasteiger partial charge in [0.1, 0.15) is 5.69 Å². The van der Waals surface area contributed by atoms with Crippen LogP contribution in [0.25, 0.3) is 11.1 Å². The van der Waals surface area contributed by atoms with Gasteiger partial charge < -0.3 is 10.3 Å². The highest BCUT2D eigenvalue weighted by Crippen LogP contribution is 2.31. The van der Waals surface area contributed by atoms with Crippen molar-refractivity contribution in [2.45, 2.75) is 25.8 Å². The lowest BCUT2D eigenvalue weighted by Crippen LogP contribution is -2.29. The molecule has 0 amide bonds. The molecular weight excluding hydrogens is 274 g/mol. The fraction of sp³-hybridized carbons (Fsp3) is 0.400. The average Bonchev–Trinajstić information content (AvgIpc) is 2.82. The Labute approximate surface area is 123 Å². The van der Waals surface area contributed by atoms with Gasteiger partial charge in [0.05, 0.1) is 5.56 Å². The van der Waals surface area contributed by atoms with E-state index in [-0.39, 0.29) is 0 Å². The molecule has 2 aromatic rings. The molecule has 3 rings (SSSR count). The second-order valence-electron chi connectivity index (χ2n) is 5.21. The molecule has 106 valence electrons. The lowest BCUT2D eigenvalue weighted by atomic mass is 10.0. The van der Waals surface area contributed by atoms with Crippen molar-refractivity contribution in [3.8, 4) is 11.1 Å². The summed E-state index contributed by atoms with van der Waals surface area (Å²) in [6, 6.07) is 7.61. The van der Waals surface area contributed by atoms with Crippen LogP contribution in [0.15, 0.2) is 28.8 Å². The van der Waals surface area contributed by atoms with Crippen LogP contribution in [0.1, 0.15) is 25.0 Å². The zero-order valence-corrected chi connectivity index (χ0v) is 12.1. The maximum atomic E-state index is 5.94. The maximum Gasteiger partial charge on any atom is 0.230 e. The largest absolute Gasteiger partial charge is 0.367 e. The van der Waals surface area contributed by atoms with E-state index in [1.54, 1.807) is 0 Å². The third-order valence-electron chi connectivity index (χ3n) is 3.74. The van der Waals surface area contributed by atoms with Crippen LogP contribution in [-0.2, 0) is 6.54 Å². The monoisotopic (exact) mass is 291 g/mol. The minimum atomic E-state index is 0.374. The smallest absolute Gasteiger partial charge is 0.230 e. The Hall–Kier alpha value is -1.52. The minimum absolute atomic E-state index is 0.374. The highest BCUT2D eigenvalue weighted by atomic mass is 35.5. The van der Waals surface area contributed by atoms with E-state index in [4.69, 9.17) is 21.9 Å².